The summed E-state index contributed by atoms with van der Waals surface area (Å²) in [5.74, 6) is -5.16. The Kier molecular flexibility index (Phi) is 10.3. The van der Waals surface area contributed by atoms with E-state index in [1.807, 2.05) is 6.07 Å². The normalized spacial score (nSPS) is 17.5. The number of hydrogen-bond acceptors (Lipinski definition) is 7. The first kappa shape index (κ1) is 28.2. The van der Waals surface area contributed by atoms with E-state index in [-0.39, 0.29) is 32.2 Å². The molecule has 196 valence electrons. The molecule has 36 heavy (non-hydrogen) atoms. The highest BCUT2D eigenvalue weighted by atomic mass is 16.4. The largest absolute Gasteiger partial charge is 0.480 e. The number of benzene rings is 1. The second-order valence-electron chi connectivity index (χ2n) is 8.62. The smallest absolute Gasteiger partial charge is 0.326 e. The standard InChI is InChI=1S/C23H32N6O7/c24-14(11-13-5-2-1-3-6-13)20(32)27-15(8-9-18(25)30)21(33)28-16(12-19(26)31)22(34)29-10-4-7-17(29)23(35)36/h1-3,5-6,14-17H,4,7-12,24H2,(H2,25,30)(H2,26,31)(H,27,32)(H,28,33)(H,35,36). The maximum atomic E-state index is 13.0. The second-order valence-corrected chi connectivity index (χ2v) is 8.62. The predicted molar refractivity (Wildman–Crippen MR) is 127 cm³/mol. The van der Waals surface area contributed by atoms with Gasteiger partial charge >= 0.3 is 5.97 Å². The highest BCUT2D eigenvalue weighted by Crippen LogP contribution is 2.19. The van der Waals surface area contributed by atoms with Crippen LogP contribution < -0.4 is 27.8 Å². The molecule has 0 radical (unpaired) electrons. The van der Waals surface area contributed by atoms with Gasteiger partial charge in [-0.05, 0) is 31.2 Å². The highest BCUT2D eigenvalue weighted by Gasteiger charge is 2.39. The predicted octanol–water partition coefficient (Wildman–Crippen LogP) is -2.26. The summed E-state index contributed by atoms with van der Waals surface area (Å²) in [4.78, 5) is 74.2. The van der Waals surface area contributed by atoms with Crippen LogP contribution in [0.2, 0.25) is 0 Å². The summed E-state index contributed by atoms with van der Waals surface area (Å²) >= 11 is 0. The quantitative estimate of drug-likeness (QED) is 0.171. The molecule has 0 bridgehead atoms. The maximum absolute atomic E-state index is 13.0. The zero-order chi connectivity index (χ0) is 26.8. The Hall–Kier alpha value is -4.00. The lowest BCUT2D eigenvalue weighted by Gasteiger charge is -2.28. The third-order valence-electron chi connectivity index (χ3n) is 5.79. The number of carboxylic acid groups (broad SMARTS) is 1. The minimum absolute atomic E-state index is 0.136. The van der Waals surface area contributed by atoms with E-state index >= 15 is 0 Å². The van der Waals surface area contributed by atoms with Crippen LogP contribution >= 0.6 is 0 Å². The summed E-state index contributed by atoms with van der Waals surface area (Å²) in [5.41, 5.74) is 17.2. The van der Waals surface area contributed by atoms with E-state index in [0.717, 1.165) is 10.5 Å². The average Bonchev–Trinajstić information content (AvgIpc) is 3.31. The van der Waals surface area contributed by atoms with Crippen molar-refractivity contribution in [2.24, 2.45) is 17.2 Å². The summed E-state index contributed by atoms with van der Waals surface area (Å²) in [7, 11) is 0. The van der Waals surface area contributed by atoms with Gasteiger partial charge in [0.05, 0.1) is 12.5 Å². The van der Waals surface area contributed by atoms with Gasteiger partial charge < -0.3 is 37.8 Å². The lowest BCUT2D eigenvalue weighted by atomic mass is 10.0. The molecular weight excluding hydrogens is 472 g/mol. The summed E-state index contributed by atoms with van der Waals surface area (Å²) in [6.45, 7) is 0.136. The van der Waals surface area contributed by atoms with E-state index < -0.39 is 66.1 Å². The summed E-state index contributed by atoms with van der Waals surface area (Å²) in [5, 5.41) is 14.2. The molecule has 0 saturated carbocycles. The van der Waals surface area contributed by atoms with Crippen molar-refractivity contribution in [2.75, 3.05) is 6.54 Å². The van der Waals surface area contributed by atoms with Gasteiger partial charge in [0.1, 0.15) is 18.1 Å². The van der Waals surface area contributed by atoms with Crippen LogP contribution in [0, 0.1) is 0 Å². The molecule has 13 nitrogen and oxygen atoms in total. The number of nitrogens with one attached hydrogen (secondary N) is 2. The molecule has 1 aliphatic heterocycles. The first-order valence-corrected chi connectivity index (χ1v) is 11.5. The maximum Gasteiger partial charge on any atom is 0.326 e. The molecule has 4 unspecified atom stereocenters. The number of amides is 5. The van der Waals surface area contributed by atoms with E-state index in [4.69, 9.17) is 17.2 Å². The van der Waals surface area contributed by atoms with Crippen LogP contribution in [0.25, 0.3) is 0 Å². The zero-order valence-corrected chi connectivity index (χ0v) is 19.7. The molecule has 0 aromatic heterocycles. The van der Waals surface area contributed by atoms with Crippen LogP contribution in [-0.2, 0) is 35.2 Å². The van der Waals surface area contributed by atoms with Crippen LogP contribution in [0.1, 0.15) is 37.7 Å². The molecular formula is C23H32N6O7. The molecule has 1 aromatic carbocycles. The van der Waals surface area contributed by atoms with E-state index in [2.05, 4.69) is 10.6 Å². The van der Waals surface area contributed by atoms with Crippen molar-refractivity contribution in [1.82, 2.24) is 15.5 Å². The van der Waals surface area contributed by atoms with Crippen LogP contribution in [0.5, 0.6) is 0 Å². The lowest BCUT2D eigenvalue weighted by Crippen LogP contribution is -2.58. The molecule has 1 fully saturated rings. The number of likely N-dealkylation sites (tertiary alicyclic amines) is 1. The number of hydrogen-bond donors (Lipinski definition) is 6. The fraction of sp³-hybridized carbons (Fsp3) is 0.478. The third-order valence-corrected chi connectivity index (χ3v) is 5.79. The topological polar surface area (TPSA) is 228 Å². The Morgan fingerprint density at radius 3 is 2.19 bits per heavy atom. The molecule has 4 atom stereocenters. The van der Waals surface area contributed by atoms with Crippen molar-refractivity contribution in [1.29, 1.82) is 0 Å². The van der Waals surface area contributed by atoms with E-state index in [9.17, 15) is 33.9 Å². The first-order valence-electron chi connectivity index (χ1n) is 11.5. The summed E-state index contributed by atoms with van der Waals surface area (Å²) < 4.78 is 0. The number of carboxylic acids is 1. The van der Waals surface area contributed by atoms with E-state index in [1.54, 1.807) is 24.3 Å². The van der Waals surface area contributed by atoms with Crippen molar-refractivity contribution in [3.63, 3.8) is 0 Å². The number of nitrogens with zero attached hydrogens (tertiary/aromatic N) is 1. The molecule has 1 saturated heterocycles. The minimum Gasteiger partial charge on any atom is -0.480 e. The number of aliphatic carboxylic acids is 1. The van der Waals surface area contributed by atoms with E-state index in [0.29, 0.717) is 6.42 Å². The average molecular weight is 505 g/mol. The SMILES string of the molecule is NC(=O)CCC(NC(=O)C(N)Cc1ccccc1)C(=O)NC(CC(N)=O)C(=O)N1CCCC1C(=O)O. The van der Waals surface area contributed by atoms with Gasteiger partial charge in [-0.25, -0.2) is 4.79 Å². The van der Waals surface area contributed by atoms with Crippen LogP contribution in [0.4, 0.5) is 0 Å². The van der Waals surface area contributed by atoms with Crippen molar-refractivity contribution in [3.05, 3.63) is 35.9 Å². The third kappa shape index (κ3) is 8.34. The molecule has 5 amide bonds. The highest BCUT2D eigenvalue weighted by molar-refractivity contribution is 5.96. The van der Waals surface area contributed by atoms with Gasteiger partial charge in [-0.15, -0.1) is 0 Å². The molecule has 1 heterocycles. The number of carbonyl (C=O) groups excluding carboxylic acids is 5. The van der Waals surface area contributed by atoms with Crippen molar-refractivity contribution in [3.8, 4) is 0 Å². The molecule has 13 heteroatoms. The van der Waals surface area contributed by atoms with Crippen molar-refractivity contribution >= 4 is 35.5 Å². The first-order chi connectivity index (χ1) is 17.0. The zero-order valence-electron chi connectivity index (χ0n) is 19.7. The molecule has 2 rings (SSSR count). The summed E-state index contributed by atoms with van der Waals surface area (Å²) in [6, 6.07) is 4.09. The van der Waals surface area contributed by atoms with Gasteiger partial charge in [-0.3, -0.25) is 24.0 Å². The monoisotopic (exact) mass is 504 g/mol. The molecule has 9 N–H and O–H groups in total. The Morgan fingerprint density at radius 1 is 0.972 bits per heavy atom. The van der Waals surface area contributed by atoms with Gasteiger partial charge in [0.2, 0.25) is 29.5 Å². The van der Waals surface area contributed by atoms with Gasteiger partial charge in [-0.2, -0.15) is 0 Å². The fourth-order valence-corrected chi connectivity index (χ4v) is 3.96. The van der Waals surface area contributed by atoms with Gasteiger partial charge in [0.15, 0.2) is 0 Å². The Balaban J connectivity index is 2.15. The number of carbonyl (C=O) groups is 6. The Bertz CT molecular complexity index is 986. The van der Waals surface area contributed by atoms with Crippen LogP contribution in [0.3, 0.4) is 0 Å². The number of primary amides is 2. The number of nitrogens with two attached hydrogens (primary N) is 3. The molecule has 0 aliphatic carbocycles. The second kappa shape index (κ2) is 13.2. The van der Waals surface area contributed by atoms with Crippen molar-refractivity contribution < 1.29 is 33.9 Å². The van der Waals surface area contributed by atoms with Gasteiger partial charge in [0.25, 0.3) is 0 Å². The van der Waals surface area contributed by atoms with Crippen LogP contribution in [0.15, 0.2) is 30.3 Å². The molecule has 0 spiro atoms. The minimum atomic E-state index is -1.46. The number of rotatable bonds is 13. The van der Waals surface area contributed by atoms with Crippen molar-refractivity contribution in [2.45, 2.75) is 62.7 Å². The fourth-order valence-electron chi connectivity index (χ4n) is 3.96. The van der Waals surface area contributed by atoms with Gasteiger partial charge in [0, 0.05) is 13.0 Å². The Labute approximate surface area is 207 Å². The van der Waals surface area contributed by atoms with E-state index in [1.165, 1.54) is 0 Å². The molecule has 1 aliphatic rings. The van der Waals surface area contributed by atoms with Gasteiger partial charge in [-0.1, -0.05) is 30.3 Å². The lowest BCUT2D eigenvalue weighted by molar-refractivity contribution is -0.149. The summed E-state index contributed by atoms with van der Waals surface area (Å²) in [6.07, 6.45) is -0.175. The Morgan fingerprint density at radius 2 is 1.61 bits per heavy atom. The molecule has 1 aromatic rings. The van der Waals surface area contributed by atoms with Crippen LogP contribution in [-0.4, -0.2) is 76.2 Å².